The van der Waals surface area contributed by atoms with Crippen molar-refractivity contribution in [2.24, 2.45) is 0 Å². The second kappa shape index (κ2) is 5.95. The quantitative estimate of drug-likeness (QED) is 0.450. The van der Waals surface area contributed by atoms with Crippen LogP contribution in [0.5, 0.6) is 0 Å². The molecule has 7 heteroatoms. The zero-order valence-corrected chi connectivity index (χ0v) is 10.5. The van der Waals surface area contributed by atoms with Gasteiger partial charge in [0.1, 0.15) is 0 Å². The van der Waals surface area contributed by atoms with E-state index in [-0.39, 0.29) is 0 Å². The lowest BCUT2D eigenvalue weighted by molar-refractivity contribution is -0.405. The van der Waals surface area contributed by atoms with Crippen molar-refractivity contribution in [3.05, 3.63) is 52.0 Å². The minimum absolute atomic E-state index is 0.408. The normalized spacial score (nSPS) is 11.2. The standard InChI is InChI=1S/C11H15FN4O2/c1-14(2)11(8-16(17)18)15(3)7-9-4-5-10(12)13-6-9/h4-6,8H,7H2,1-3H3. The fourth-order valence-corrected chi connectivity index (χ4v) is 1.50. The van der Waals surface area contributed by atoms with Gasteiger partial charge in [0, 0.05) is 33.9 Å². The van der Waals surface area contributed by atoms with Gasteiger partial charge >= 0.3 is 0 Å². The van der Waals surface area contributed by atoms with Gasteiger partial charge in [0.2, 0.25) is 5.95 Å². The summed E-state index contributed by atoms with van der Waals surface area (Å²) in [4.78, 5) is 16.9. The van der Waals surface area contributed by atoms with Gasteiger partial charge in [0.15, 0.2) is 5.82 Å². The van der Waals surface area contributed by atoms with Crippen LogP contribution in [0.1, 0.15) is 5.56 Å². The molecule has 0 saturated heterocycles. The predicted molar refractivity (Wildman–Crippen MR) is 64.4 cm³/mol. The number of hydrogen-bond acceptors (Lipinski definition) is 5. The molecule has 0 N–H and O–H groups in total. The number of aromatic nitrogens is 1. The highest BCUT2D eigenvalue weighted by atomic mass is 19.1. The number of rotatable bonds is 5. The molecule has 0 aliphatic carbocycles. The van der Waals surface area contributed by atoms with E-state index in [2.05, 4.69) is 4.98 Å². The molecule has 6 nitrogen and oxygen atoms in total. The van der Waals surface area contributed by atoms with Crippen LogP contribution in [0, 0.1) is 16.1 Å². The van der Waals surface area contributed by atoms with Crippen molar-refractivity contribution in [2.75, 3.05) is 21.1 Å². The van der Waals surface area contributed by atoms with Crippen LogP contribution in [0.4, 0.5) is 4.39 Å². The minimum Gasteiger partial charge on any atom is -0.359 e. The first kappa shape index (κ1) is 13.9. The lowest BCUT2D eigenvalue weighted by Crippen LogP contribution is -2.28. The van der Waals surface area contributed by atoms with E-state index in [0.717, 1.165) is 11.8 Å². The van der Waals surface area contributed by atoms with E-state index >= 15 is 0 Å². The second-order valence-corrected chi connectivity index (χ2v) is 4.01. The maximum absolute atomic E-state index is 12.6. The van der Waals surface area contributed by atoms with Gasteiger partial charge in [-0.1, -0.05) is 6.07 Å². The third kappa shape index (κ3) is 4.00. The average molecular weight is 254 g/mol. The molecule has 0 spiro atoms. The predicted octanol–water partition coefficient (Wildman–Crippen LogP) is 1.29. The zero-order valence-electron chi connectivity index (χ0n) is 10.5. The average Bonchev–Trinajstić information content (AvgIpc) is 2.28. The summed E-state index contributed by atoms with van der Waals surface area (Å²) < 4.78 is 12.6. The van der Waals surface area contributed by atoms with Crippen LogP contribution in [-0.4, -0.2) is 40.9 Å². The van der Waals surface area contributed by atoms with Crippen LogP contribution in [-0.2, 0) is 6.54 Å². The van der Waals surface area contributed by atoms with Gasteiger partial charge in [0.05, 0.1) is 4.92 Å². The van der Waals surface area contributed by atoms with Crippen molar-refractivity contribution < 1.29 is 9.31 Å². The SMILES string of the molecule is CN(C)C(=C[N+](=O)[O-])N(C)Cc1ccc(F)nc1. The monoisotopic (exact) mass is 254 g/mol. The molecule has 1 aromatic rings. The topological polar surface area (TPSA) is 62.5 Å². The van der Waals surface area contributed by atoms with E-state index in [4.69, 9.17) is 0 Å². The highest BCUT2D eigenvalue weighted by Gasteiger charge is 2.12. The number of nitro groups is 1. The van der Waals surface area contributed by atoms with Crippen molar-refractivity contribution >= 4 is 0 Å². The maximum atomic E-state index is 12.6. The first-order chi connectivity index (χ1) is 8.40. The fraction of sp³-hybridized carbons (Fsp3) is 0.364. The number of hydrogen-bond donors (Lipinski definition) is 0. The van der Waals surface area contributed by atoms with Gasteiger partial charge in [0.25, 0.3) is 6.20 Å². The van der Waals surface area contributed by atoms with Gasteiger partial charge in [-0.25, -0.2) is 4.98 Å². The lowest BCUT2D eigenvalue weighted by atomic mass is 10.2. The maximum Gasteiger partial charge on any atom is 0.274 e. The summed E-state index contributed by atoms with van der Waals surface area (Å²) in [5, 5.41) is 10.5. The van der Waals surface area contributed by atoms with Gasteiger partial charge in [-0.15, -0.1) is 0 Å². The Morgan fingerprint density at radius 1 is 1.50 bits per heavy atom. The number of pyridine rings is 1. The molecular weight excluding hydrogens is 239 g/mol. The van der Waals surface area contributed by atoms with Crippen LogP contribution < -0.4 is 0 Å². The summed E-state index contributed by atoms with van der Waals surface area (Å²) in [5.74, 6) is -0.0978. The molecule has 18 heavy (non-hydrogen) atoms. The van der Waals surface area contributed by atoms with Crippen LogP contribution in [0.3, 0.4) is 0 Å². The summed E-state index contributed by atoms with van der Waals surface area (Å²) in [6, 6.07) is 2.86. The molecule has 0 unspecified atom stereocenters. The molecule has 0 saturated carbocycles. The lowest BCUT2D eigenvalue weighted by Gasteiger charge is -2.25. The van der Waals surface area contributed by atoms with Gasteiger partial charge < -0.3 is 9.80 Å². The van der Waals surface area contributed by atoms with Crippen LogP contribution in [0.15, 0.2) is 30.4 Å². The van der Waals surface area contributed by atoms with E-state index in [1.807, 2.05) is 0 Å². The van der Waals surface area contributed by atoms with E-state index in [0.29, 0.717) is 12.4 Å². The van der Waals surface area contributed by atoms with Gasteiger partial charge in [-0.2, -0.15) is 4.39 Å². The highest BCUT2D eigenvalue weighted by Crippen LogP contribution is 2.10. The molecule has 98 valence electrons. The molecule has 0 aliphatic heterocycles. The highest BCUT2D eigenvalue weighted by molar-refractivity contribution is 5.10. The van der Waals surface area contributed by atoms with Crippen LogP contribution >= 0.6 is 0 Å². The molecular formula is C11H15FN4O2. The fourth-order valence-electron chi connectivity index (χ4n) is 1.50. The summed E-state index contributed by atoms with van der Waals surface area (Å²) in [5.41, 5.74) is 0.773. The Labute approximate surface area is 104 Å². The van der Waals surface area contributed by atoms with Crippen molar-refractivity contribution in [3.8, 4) is 0 Å². The zero-order chi connectivity index (χ0) is 13.7. The largest absolute Gasteiger partial charge is 0.359 e. The van der Waals surface area contributed by atoms with Gasteiger partial charge in [-0.3, -0.25) is 10.1 Å². The molecule has 1 heterocycles. The van der Waals surface area contributed by atoms with Crippen molar-refractivity contribution in [1.82, 2.24) is 14.8 Å². The summed E-state index contributed by atoms with van der Waals surface area (Å²) >= 11 is 0. The molecule has 0 fully saturated rings. The smallest absolute Gasteiger partial charge is 0.274 e. The molecule has 1 aromatic heterocycles. The third-order valence-corrected chi connectivity index (χ3v) is 2.28. The molecule has 0 amide bonds. The van der Waals surface area contributed by atoms with E-state index in [9.17, 15) is 14.5 Å². The van der Waals surface area contributed by atoms with Crippen molar-refractivity contribution in [2.45, 2.75) is 6.54 Å². The Kier molecular flexibility index (Phi) is 4.59. The summed E-state index contributed by atoms with van der Waals surface area (Å²) in [7, 11) is 5.15. The van der Waals surface area contributed by atoms with Crippen molar-refractivity contribution in [3.63, 3.8) is 0 Å². The summed E-state index contributed by atoms with van der Waals surface area (Å²) in [6.45, 7) is 0.408. The Morgan fingerprint density at radius 3 is 2.61 bits per heavy atom. The Morgan fingerprint density at radius 2 is 2.17 bits per heavy atom. The second-order valence-electron chi connectivity index (χ2n) is 4.01. The minimum atomic E-state index is -0.546. The molecule has 0 bridgehead atoms. The number of nitrogens with zero attached hydrogens (tertiary/aromatic N) is 4. The summed E-state index contributed by atoms with van der Waals surface area (Å²) in [6.07, 6.45) is 2.34. The Hall–Kier alpha value is -2.18. The molecule has 0 aliphatic rings. The van der Waals surface area contributed by atoms with Crippen LogP contribution in [0.2, 0.25) is 0 Å². The Balaban J connectivity index is 2.82. The van der Waals surface area contributed by atoms with E-state index < -0.39 is 10.9 Å². The molecule has 0 atom stereocenters. The molecule has 1 rings (SSSR count). The Bertz CT molecular complexity index is 445. The number of halogens is 1. The van der Waals surface area contributed by atoms with E-state index in [1.54, 1.807) is 37.0 Å². The third-order valence-electron chi connectivity index (χ3n) is 2.28. The van der Waals surface area contributed by atoms with Gasteiger partial charge in [-0.05, 0) is 11.6 Å². The van der Waals surface area contributed by atoms with E-state index in [1.165, 1.54) is 12.3 Å². The van der Waals surface area contributed by atoms with Crippen LogP contribution in [0.25, 0.3) is 0 Å². The molecule has 0 radical (unpaired) electrons. The van der Waals surface area contributed by atoms with Crippen molar-refractivity contribution in [1.29, 1.82) is 0 Å². The first-order valence-corrected chi connectivity index (χ1v) is 5.24. The molecule has 0 aromatic carbocycles. The first-order valence-electron chi connectivity index (χ1n) is 5.24.